The van der Waals surface area contributed by atoms with Crippen LogP contribution in [-0.2, 0) is 16.8 Å². The first-order valence-corrected chi connectivity index (χ1v) is 15.0. The Morgan fingerprint density at radius 2 is 1.79 bits per heavy atom. The molecule has 2 heterocycles. The van der Waals surface area contributed by atoms with Crippen LogP contribution in [0.1, 0.15) is 44.1 Å². The quantitative estimate of drug-likeness (QED) is 0.192. The van der Waals surface area contributed by atoms with Gasteiger partial charge in [0.15, 0.2) is 0 Å². The molecule has 4 rings (SSSR count). The lowest BCUT2D eigenvalue weighted by Gasteiger charge is -2.10. The molecule has 1 atom stereocenters. The Labute approximate surface area is 245 Å². The third kappa shape index (κ3) is 8.20. The standard InChI is InChI=1S/C31H32N6O4S/c1-23-18-29(37(2)35-23)31(40)34-27-9-6-8-24(20-27)12-13-25-19-26(22-33-21-25)30(39)36-42(41,17-7-14-32-15-16-38)28-10-4-3-5-11-28/h3-6,8-11,18-22,32,38H,7,14-17H2,1-2H3,(H,34,40). The maximum atomic E-state index is 13.9. The molecule has 4 aromatic rings. The van der Waals surface area contributed by atoms with Crippen LogP contribution in [0.25, 0.3) is 0 Å². The Morgan fingerprint density at radius 1 is 1.00 bits per heavy atom. The van der Waals surface area contributed by atoms with Crippen molar-refractivity contribution in [1.82, 2.24) is 20.1 Å². The molecular weight excluding hydrogens is 552 g/mol. The third-order valence-corrected chi connectivity index (χ3v) is 8.41. The summed E-state index contributed by atoms with van der Waals surface area (Å²) >= 11 is 0. The van der Waals surface area contributed by atoms with Crippen molar-refractivity contribution in [2.24, 2.45) is 11.4 Å². The van der Waals surface area contributed by atoms with Gasteiger partial charge in [0, 0.05) is 53.4 Å². The highest BCUT2D eigenvalue weighted by Gasteiger charge is 2.17. The zero-order valence-corrected chi connectivity index (χ0v) is 24.2. The largest absolute Gasteiger partial charge is 0.395 e. The molecule has 0 spiro atoms. The Bertz CT molecular complexity index is 1750. The predicted octanol–water partition coefficient (Wildman–Crippen LogP) is 3.41. The molecule has 0 aliphatic rings. The molecule has 0 aliphatic heterocycles. The van der Waals surface area contributed by atoms with Crippen LogP contribution in [0.3, 0.4) is 0 Å². The molecule has 216 valence electrons. The Morgan fingerprint density at radius 3 is 2.52 bits per heavy atom. The zero-order chi connectivity index (χ0) is 30.0. The van der Waals surface area contributed by atoms with E-state index in [1.165, 1.54) is 17.1 Å². The average Bonchev–Trinajstić information content (AvgIpc) is 3.34. The average molecular weight is 585 g/mol. The molecule has 0 bridgehead atoms. The second-order valence-corrected chi connectivity index (χ2v) is 11.8. The summed E-state index contributed by atoms with van der Waals surface area (Å²) in [5.74, 6) is 5.29. The van der Waals surface area contributed by atoms with Gasteiger partial charge >= 0.3 is 0 Å². The number of carbonyl (C=O) groups is 2. The first-order valence-electron chi connectivity index (χ1n) is 13.3. The lowest BCUT2D eigenvalue weighted by atomic mass is 10.1. The van der Waals surface area contributed by atoms with Crippen molar-refractivity contribution < 1.29 is 18.9 Å². The minimum absolute atomic E-state index is 0.0109. The Balaban J connectivity index is 1.52. The molecule has 1 unspecified atom stereocenters. The molecule has 2 aromatic heterocycles. The van der Waals surface area contributed by atoms with Gasteiger partial charge in [0.25, 0.3) is 11.8 Å². The zero-order valence-electron chi connectivity index (χ0n) is 23.4. The third-order valence-electron chi connectivity index (χ3n) is 6.10. The predicted molar refractivity (Wildman–Crippen MR) is 162 cm³/mol. The van der Waals surface area contributed by atoms with Crippen molar-refractivity contribution in [3.8, 4) is 11.8 Å². The maximum Gasteiger partial charge on any atom is 0.286 e. The normalized spacial score (nSPS) is 12.1. The number of hydrogen-bond acceptors (Lipinski definition) is 7. The van der Waals surface area contributed by atoms with Gasteiger partial charge < -0.3 is 15.7 Å². The van der Waals surface area contributed by atoms with Crippen molar-refractivity contribution in [1.29, 1.82) is 0 Å². The van der Waals surface area contributed by atoms with Crippen LogP contribution in [0.5, 0.6) is 0 Å². The highest BCUT2D eigenvalue weighted by molar-refractivity contribution is 7.94. The second kappa shape index (κ2) is 14.3. The fraction of sp³-hybridized carbons (Fsp3) is 0.226. The van der Waals surface area contributed by atoms with Crippen molar-refractivity contribution in [2.75, 3.05) is 30.8 Å². The van der Waals surface area contributed by atoms with Gasteiger partial charge in [0.05, 0.1) is 27.6 Å². The number of aromatic nitrogens is 3. The minimum atomic E-state index is -3.04. The first-order chi connectivity index (χ1) is 20.3. The maximum absolute atomic E-state index is 13.9. The molecule has 0 radical (unpaired) electrons. The number of rotatable bonds is 10. The minimum Gasteiger partial charge on any atom is -0.395 e. The van der Waals surface area contributed by atoms with Crippen LogP contribution >= 0.6 is 0 Å². The number of benzene rings is 2. The molecule has 2 aromatic carbocycles. The summed E-state index contributed by atoms with van der Waals surface area (Å²) in [5.41, 5.74) is 3.08. The van der Waals surface area contributed by atoms with Gasteiger partial charge in [-0.1, -0.05) is 36.1 Å². The molecule has 0 saturated heterocycles. The molecule has 0 fully saturated rings. The van der Waals surface area contributed by atoms with E-state index in [1.807, 2.05) is 13.0 Å². The first kappa shape index (κ1) is 30.3. The summed E-state index contributed by atoms with van der Waals surface area (Å²) in [6.45, 7) is 2.80. The molecule has 11 heteroatoms. The van der Waals surface area contributed by atoms with Gasteiger partial charge in [-0.3, -0.25) is 19.3 Å². The SMILES string of the molecule is Cc1cc(C(=O)Nc2cccc(C#Cc3cncc(C(=O)N=S(=O)(CCCNCCO)c4ccccc4)c3)c2)n(C)n1. The number of nitrogens with one attached hydrogen (secondary N) is 2. The highest BCUT2D eigenvalue weighted by atomic mass is 32.2. The summed E-state index contributed by atoms with van der Waals surface area (Å²) in [5, 5.41) is 19.1. The summed E-state index contributed by atoms with van der Waals surface area (Å²) in [6.07, 6.45) is 3.41. The molecule has 42 heavy (non-hydrogen) atoms. The Hall–Kier alpha value is -4.63. The van der Waals surface area contributed by atoms with Crippen molar-refractivity contribution in [3.63, 3.8) is 0 Å². The van der Waals surface area contributed by atoms with E-state index < -0.39 is 15.6 Å². The van der Waals surface area contributed by atoms with E-state index in [0.717, 1.165) is 5.69 Å². The molecule has 0 aliphatic carbocycles. The van der Waals surface area contributed by atoms with E-state index >= 15 is 0 Å². The topological polar surface area (TPSA) is 139 Å². The highest BCUT2D eigenvalue weighted by Crippen LogP contribution is 2.17. The molecule has 2 amide bonds. The van der Waals surface area contributed by atoms with E-state index in [4.69, 9.17) is 5.11 Å². The number of hydrogen-bond donors (Lipinski definition) is 3. The van der Waals surface area contributed by atoms with Crippen LogP contribution in [0.15, 0.2) is 88.4 Å². The number of aliphatic hydroxyl groups is 1. The molecule has 3 N–H and O–H groups in total. The van der Waals surface area contributed by atoms with Crippen LogP contribution in [0, 0.1) is 18.8 Å². The van der Waals surface area contributed by atoms with E-state index in [1.54, 1.807) is 67.7 Å². The summed E-state index contributed by atoms with van der Waals surface area (Å²) in [6, 6.07) is 19.1. The van der Waals surface area contributed by atoms with E-state index in [0.29, 0.717) is 46.9 Å². The lowest BCUT2D eigenvalue weighted by Crippen LogP contribution is -2.22. The van der Waals surface area contributed by atoms with Crippen LogP contribution in [-0.4, -0.2) is 61.3 Å². The van der Waals surface area contributed by atoms with Gasteiger partial charge in [-0.2, -0.15) is 9.46 Å². The van der Waals surface area contributed by atoms with Crippen molar-refractivity contribution in [3.05, 3.63) is 107 Å². The van der Waals surface area contributed by atoms with E-state index in [-0.39, 0.29) is 23.8 Å². The molecular formula is C31H32N6O4S. The van der Waals surface area contributed by atoms with E-state index in [2.05, 4.69) is 36.9 Å². The summed E-state index contributed by atoms with van der Waals surface area (Å²) in [7, 11) is -1.33. The second-order valence-electron chi connectivity index (χ2n) is 9.42. The van der Waals surface area contributed by atoms with Crippen LogP contribution < -0.4 is 10.6 Å². The van der Waals surface area contributed by atoms with Gasteiger partial charge in [-0.05, 0) is 62.4 Å². The number of aryl methyl sites for hydroxylation is 2. The van der Waals surface area contributed by atoms with E-state index in [9.17, 15) is 13.8 Å². The number of nitrogens with zero attached hydrogens (tertiary/aromatic N) is 4. The lowest BCUT2D eigenvalue weighted by molar-refractivity contribution is 0.0999. The number of carbonyl (C=O) groups excluding carboxylic acids is 2. The van der Waals surface area contributed by atoms with Crippen LogP contribution in [0.2, 0.25) is 0 Å². The summed E-state index contributed by atoms with van der Waals surface area (Å²) < 4.78 is 19.6. The summed E-state index contributed by atoms with van der Waals surface area (Å²) in [4.78, 5) is 30.4. The van der Waals surface area contributed by atoms with Gasteiger partial charge in [0.1, 0.15) is 5.69 Å². The van der Waals surface area contributed by atoms with Crippen molar-refractivity contribution in [2.45, 2.75) is 18.2 Å². The number of amides is 2. The number of anilines is 1. The fourth-order valence-electron chi connectivity index (χ4n) is 4.10. The molecule has 0 saturated carbocycles. The smallest absolute Gasteiger partial charge is 0.286 e. The Kier molecular flexibility index (Phi) is 10.3. The van der Waals surface area contributed by atoms with Crippen LogP contribution in [0.4, 0.5) is 5.69 Å². The van der Waals surface area contributed by atoms with Gasteiger partial charge in [-0.25, -0.2) is 4.21 Å². The fourth-order valence-corrected chi connectivity index (χ4v) is 6.02. The number of pyridine rings is 1. The van der Waals surface area contributed by atoms with Gasteiger partial charge in [-0.15, -0.1) is 0 Å². The number of aliphatic hydroxyl groups excluding tert-OH is 1. The monoisotopic (exact) mass is 584 g/mol. The molecule has 10 nitrogen and oxygen atoms in total. The van der Waals surface area contributed by atoms with Crippen molar-refractivity contribution >= 4 is 27.2 Å². The van der Waals surface area contributed by atoms with Gasteiger partial charge in [0.2, 0.25) is 0 Å².